The van der Waals surface area contributed by atoms with Gasteiger partial charge in [0.1, 0.15) is 6.61 Å². The van der Waals surface area contributed by atoms with E-state index in [0.717, 1.165) is 0 Å². The molecule has 1 saturated heterocycles. The highest BCUT2D eigenvalue weighted by molar-refractivity contribution is 7.89. The molecule has 0 saturated carbocycles. The van der Waals surface area contributed by atoms with Crippen molar-refractivity contribution >= 4 is 27.7 Å². The van der Waals surface area contributed by atoms with E-state index in [1.165, 1.54) is 29.2 Å². The Kier molecular flexibility index (Phi) is 4.28. The highest BCUT2D eigenvalue weighted by Crippen LogP contribution is 2.13. The number of hydrogen-bond donors (Lipinski definition) is 1. The second-order valence-corrected chi connectivity index (χ2v) is 6.16. The molecule has 2 rings (SSSR count). The molecule has 104 valence electrons. The van der Waals surface area contributed by atoms with Gasteiger partial charge in [-0.15, -0.1) is 0 Å². The third-order valence-corrected chi connectivity index (χ3v) is 4.37. The minimum absolute atomic E-state index is 0.139. The Hall–Kier alpha value is -1.31. The summed E-state index contributed by atoms with van der Waals surface area (Å²) in [5.74, 6) is 0. The maximum Gasteiger partial charge on any atom is 0.409 e. The molecule has 0 atom stereocenters. The van der Waals surface area contributed by atoms with Crippen LogP contribution in [0.5, 0.6) is 0 Å². The second-order valence-electron chi connectivity index (χ2n) is 3.95. The van der Waals surface area contributed by atoms with Gasteiger partial charge in [0.15, 0.2) is 0 Å². The van der Waals surface area contributed by atoms with Crippen molar-refractivity contribution in [2.75, 3.05) is 26.2 Å². The molecular formula is C11H13ClN2O4S. The fraction of sp³-hybridized carbons (Fsp3) is 0.364. The SMILES string of the molecule is O=C1OCCN1CCNS(=O)(=O)c1ccc(Cl)cc1. The average Bonchev–Trinajstić information content (AvgIpc) is 2.75. The van der Waals surface area contributed by atoms with Crippen molar-refractivity contribution in [3.63, 3.8) is 0 Å². The normalized spacial score (nSPS) is 15.6. The van der Waals surface area contributed by atoms with Gasteiger partial charge in [0, 0.05) is 18.1 Å². The van der Waals surface area contributed by atoms with Crippen molar-refractivity contribution < 1.29 is 17.9 Å². The van der Waals surface area contributed by atoms with E-state index in [4.69, 9.17) is 16.3 Å². The molecule has 0 spiro atoms. The van der Waals surface area contributed by atoms with E-state index in [2.05, 4.69) is 4.72 Å². The Morgan fingerprint density at radius 2 is 2.00 bits per heavy atom. The lowest BCUT2D eigenvalue weighted by atomic mass is 10.4. The largest absolute Gasteiger partial charge is 0.448 e. The van der Waals surface area contributed by atoms with Gasteiger partial charge in [0.2, 0.25) is 10.0 Å². The average molecular weight is 305 g/mol. The number of nitrogens with one attached hydrogen (secondary N) is 1. The number of ether oxygens (including phenoxy) is 1. The first-order chi connectivity index (χ1) is 8.99. The predicted octanol–water partition coefficient (Wildman–Crippen LogP) is 1.07. The number of halogens is 1. The molecule has 1 heterocycles. The van der Waals surface area contributed by atoms with Crippen LogP contribution >= 0.6 is 11.6 Å². The zero-order chi connectivity index (χ0) is 13.9. The molecule has 8 heteroatoms. The van der Waals surface area contributed by atoms with Gasteiger partial charge in [-0.3, -0.25) is 0 Å². The van der Waals surface area contributed by atoms with Gasteiger partial charge in [0.05, 0.1) is 11.4 Å². The first kappa shape index (κ1) is 14.1. The molecule has 1 N–H and O–H groups in total. The van der Waals surface area contributed by atoms with Crippen LogP contribution in [0.1, 0.15) is 0 Å². The van der Waals surface area contributed by atoms with Crippen LogP contribution in [0.3, 0.4) is 0 Å². The van der Waals surface area contributed by atoms with E-state index in [9.17, 15) is 13.2 Å². The number of amides is 1. The summed E-state index contributed by atoms with van der Waals surface area (Å²) in [7, 11) is -3.57. The first-order valence-electron chi connectivity index (χ1n) is 5.66. The molecule has 1 aliphatic heterocycles. The lowest BCUT2D eigenvalue weighted by Gasteiger charge is -2.13. The topological polar surface area (TPSA) is 75.7 Å². The first-order valence-corrected chi connectivity index (χ1v) is 7.52. The van der Waals surface area contributed by atoms with Gasteiger partial charge < -0.3 is 9.64 Å². The third kappa shape index (κ3) is 3.59. The maximum absolute atomic E-state index is 11.9. The zero-order valence-corrected chi connectivity index (χ0v) is 11.6. The minimum Gasteiger partial charge on any atom is -0.448 e. The number of rotatable bonds is 5. The van der Waals surface area contributed by atoms with E-state index in [-0.39, 0.29) is 18.0 Å². The van der Waals surface area contributed by atoms with E-state index in [0.29, 0.717) is 18.2 Å². The fourth-order valence-electron chi connectivity index (χ4n) is 1.64. The monoisotopic (exact) mass is 304 g/mol. The molecule has 1 aromatic rings. The molecular weight excluding hydrogens is 292 g/mol. The van der Waals surface area contributed by atoms with Crippen molar-refractivity contribution in [2.45, 2.75) is 4.90 Å². The molecule has 1 fully saturated rings. The standard InChI is InChI=1S/C11H13ClN2O4S/c12-9-1-3-10(4-2-9)19(16,17)13-5-6-14-7-8-18-11(14)15/h1-4,13H,5-8H2. The van der Waals surface area contributed by atoms with Gasteiger partial charge in [-0.2, -0.15) is 0 Å². The van der Waals surface area contributed by atoms with Gasteiger partial charge >= 0.3 is 6.09 Å². The molecule has 6 nitrogen and oxygen atoms in total. The van der Waals surface area contributed by atoms with Crippen molar-refractivity contribution in [2.24, 2.45) is 0 Å². The van der Waals surface area contributed by atoms with Crippen molar-refractivity contribution in [1.82, 2.24) is 9.62 Å². The van der Waals surface area contributed by atoms with Gasteiger partial charge in [-0.05, 0) is 24.3 Å². The Labute approximate surface area is 116 Å². The Morgan fingerprint density at radius 3 is 2.58 bits per heavy atom. The molecule has 1 amide bonds. The van der Waals surface area contributed by atoms with Crippen LogP contribution in [-0.4, -0.2) is 45.7 Å². The Morgan fingerprint density at radius 1 is 1.32 bits per heavy atom. The molecule has 19 heavy (non-hydrogen) atoms. The van der Waals surface area contributed by atoms with Gasteiger partial charge in [-0.1, -0.05) is 11.6 Å². The summed E-state index contributed by atoms with van der Waals surface area (Å²) in [6.07, 6.45) is -0.411. The van der Waals surface area contributed by atoms with E-state index in [1.807, 2.05) is 0 Å². The Balaban J connectivity index is 1.91. The number of carbonyl (C=O) groups is 1. The number of hydrogen-bond acceptors (Lipinski definition) is 4. The minimum atomic E-state index is -3.57. The smallest absolute Gasteiger partial charge is 0.409 e. The number of nitrogens with zero attached hydrogens (tertiary/aromatic N) is 1. The summed E-state index contributed by atoms with van der Waals surface area (Å²) < 4.78 is 31.0. The second kappa shape index (κ2) is 5.77. The van der Waals surface area contributed by atoms with E-state index in [1.54, 1.807) is 0 Å². The van der Waals surface area contributed by atoms with Crippen LogP contribution in [0.4, 0.5) is 4.79 Å². The summed E-state index contributed by atoms with van der Waals surface area (Å²) in [6, 6.07) is 5.87. The molecule has 1 aromatic carbocycles. The summed E-state index contributed by atoms with van der Waals surface area (Å²) >= 11 is 5.69. The molecule has 0 unspecified atom stereocenters. The van der Waals surface area contributed by atoms with E-state index >= 15 is 0 Å². The van der Waals surface area contributed by atoms with Gasteiger partial charge in [0.25, 0.3) is 0 Å². The number of benzene rings is 1. The third-order valence-electron chi connectivity index (χ3n) is 2.64. The summed E-state index contributed by atoms with van der Waals surface area (Å²) in [5.41, 5.74) is 0. The number of carbonyl (C=O) groups excluding carboxylic acids is 1. The fourth-order valence-corrected chi connectivity index (χ4v) is 2.79. The van der Waals surface area contributed by atoms with Crippen LogP contribution in [0.15, 0.2) is 29.2 Å². The van der Waals surface area contributed by atoms with E-state index < -0.39 is 16.1 Å². The van der Waals surface area contributed by atoms with Crippen LogP contribution in [0, 0.1) is 0 Å². The molecule has 0 aliphatic carbocycles. The summed E-state index contributed by atoms with van der Waals surface area (Å²) in [5, 5.41) is 0.471. The van der Waals surface area contributed by atoms with Crippen molar-refractivity contribution in [1.29, 1.82) is 0 Å². The van der Waals surface area contributed by atoms with Crippen LogP contribution < -0.4 is 4.72 Å². The van der Waals surface area contributed by atoms with Crippen molar-refractivity contribution in [3.05, 3.63) is 29.3 Å². The van der Waals surface area contributed by atoms with Crippen LogP contribution in [0.25, 0.3) is 0 Å². The number of sulfonamides is 1. The zero-order valence-electron chi connectivity index (χ0n) is 10.0. The van der Waals surface area contributed by atoms with Crippen LogP contribution in [0.2, 0.25) is 5.02 Å². The lowest BCUT2D eigenvalue weighted by molar-refractivity contribution is 0.159. The molecule has 0 bridgehead atoms. The molecule has 0 aromatic heterocycles. The van der Waals surface area contributed by atoms with Crippen molar-refractivity contribution in [3.8, 4) is 0 Å². The quantitative estimate of drug-likeness (QED) is 0.883. The number of cyclic esters (lactones) is 1. The lowest BCUT2D eigenvalue weighted by Crippen LogP contribution is -2.35. The molecule has 0 radical (unpaired) electrons. The summed E-state index contributed by atoms with van der Waals surface area (Å²) in [6.45, 7) is 1.26. The van der Waals surface area contributed by atoms with Gasteiger partial charge in [-0.25, -0.2) is 17.9 Å². The Bertz CT molecular complexity index is 559. The maximum atomic E-state index is 11.9. The summed E-state index contributed by atoms with van der Waals surface area (Å²) in [4.78, 5) is 12.7. The predicted molar refractivity (Wildman–Crippen MR) is 69.6 cm³/mol. The van der Waals surface area contributed by atoms with Crippen LogP contribution in [-0.2, 0) is 14.8 Å². The molecule has 1 aliphatic rings. The highest BCUT2D eigenvalue weighted by atomic mass is 35.5. The highest BCUT2D eigenvalue weighted by Gasteiger charge is 2.22.